The molecule has 4 amide bonds. The molecule has 3 unspecified atom stereocenters. The van der Waals surface area contributed by atoms with Gasteiger partial charge in [0.25, 0.3) is 11.8 Å². The minimum absolute atomic E-state index is 0.119. The van der Waals surface area contributed by atoms with Crippen molar-refractivity contribution in [2.45, 2.75) is 51.1 Å². The van der Waals surface area contributed by atoms with Crippen LogP contribution in [0.1, 0.15) is 64.8 Å². The summed E-state index contributed by atoms with van der Waals surface area (Å²) in [6, 6.07) is 4.45. The number of amides is 4. The number of fused-ring (bicyclic) bond motifs is 2. The summed E-state index contributed by atoms with van der Waals surface area (Å²) in [6.45, 7) is 3.42. The number of hydrogen-bond acceptors (Lipinski definition) is 6. The maximum absolute atomic E-state index is 13.0. The monoisotopic (exact) mass is 424 g/mol. The predicted octanol–water partition coefficient (Wildman–Crippen LogP) is 1.04. The lowest BCUT2D eigenvalue weighted by Gasteiger charge is -2.37. The first-order valence-corrected chi connectivity index (χ1v) is 11.2. The highest BCUT2D eigenvalue weighted by Gasteiger charge is 2.47. The SMILES string of the molecule is NCC12CCCCC1CN(Cc1ccc3c(c1)C(=O)N(C1CCC(=O)NC1=O)C3=O)C2. The zero-order valence-corrected chi connectivity index (χ0v) is 17.6. The third-order valence-electron chi connectivity index (χ3n) is 7.68. The van der Waals surface area contributed by atoms with E-state index in [1.807, 2.05) is 6.07 Å². The quantitative estimate of drug-likeness (QED) is 0.699. The largest absolute Gasteiger partial charge is 0.330 e. The van der Waals surface area contributed by atoms with Gasteiger partial charge in [0.15, 0.2) is 0 Å². The second kappa shape index (κ2) is 7.53. The van der Waals surface area contributed by atoms with E-state index in [0.717, 1.165) is 23.6 Å². The maximum Gasteiger partial charge on any atom is 0.262 e. The molecule has 0 spiro atoms. The number of piperidine rings is 1. The number of carbonyl (C=O) groups is 4. The number of rotatable bonds is 4. The molecular weight excluding hydrogens is 396 g/mol. The van der Waals surface area contributed by atoms with E-state index in [4.69, 9.17) is 5.73 Å². The van der Waals surface area contributed by atoms with Crippen molar-refractivity contribution in [1.82, 2.24) is 15.1 Å². The van der Waals surface area contributed by atoms with Crippen LogP contribution in [-0.4, -0.2) is 59.1 Å². The molecule has 1 saturated carbocycles. The van der Waals surface area contributed by atoms with Gasteiger partial charge in [0, 0.05) is 26.1 Å². The van der Waals surface area contributed by atoms with E-state index in [2.05, 4.69) is 10.2 Å². The van der Waals surface area contributed by atoms with Gasteiger partial charge >= 0.3 is 0 Å². The summed E-state index contributed by atoms with van der Waals surface area (Å²) in [5.74, 6) is -1.24. The molecule has 8 nitrogen and oxygen atoms in total. The molecule has 3 fully saturated rings. The number of likely N-dealkylation sites (tertiary alicyclic amines) is 1. The smallest absolute Gasteiger partial charge is 0.262 e. The predicted molar refractivity (Wildman–Crippen MR) is 112 cm³/mol. The van der Waals surface area contributed by atoms with Crippen molar-refractivity contribution in [3.8, 4) is 0 Å². The van der Waals surface area contributed by atoms with Crippen molar-refractivity contribution in [2.24, 2.45) is 17.1 Å². The summed E-state index contributed by atoms with van der Waals surface area (Å²) in [7, 11) is 0. The molecule has 31 heavy (non-hydrogen) atoms. The van der Waals surface area contributed by atoms with E-state index in [0.29, 0.717) is 30.1 Å². The minimum Gasteiger partial charge on any atom is -0.330 e. The summed E-state index contributed by atoms with van der Waals surface area (Å²) < 4.78 is 0. The molecule has 1 aromatic carbocycles. The molecule has 3 heterocycles. The van der Waals surface area contributed by atoms with Gasteiger partial charge in [-0.3, -0.25) is 34.3 Å². The summed E-state index contributed by atoms with van der Waals surface area (Å²) in [6.07, 6.45) is 5.21. The normalized spacial score (nSPS) is 31.1. The highest BCUT2D eigenvalue weighted by atomic mass is 16.2. The Hall–Kier alpha value is -2.58. The van der Waals surface area contributed by atoms with Crippen molar-refractivity contribution in [2.75, 3.05) is 19.6 Å². The van der Waals surface area contributed by atoms with Crippen LogP contribution in [0.2, 0.25) is 0 Å². The molecule has 1 aliphatic carbocycles. The van der Waals surface area contributed by atoms with E-state index in [1.165, 1.54) is 25.7 Å². The number of benzene rings is 1. The molecule has 1 aromatic rings. The Bertz CT molecular complexity index is 976. The Labute approximate surface area is 181 Å². The lowest BCUT2D eigenvalue weighted by molar-refractivity contribution is -0.136. The van der Waals surface area contributed by atoms with Gasteiger partial charge in [-0.2, -0.15) is 0 Å². The van der Waals surface area contributed by atoms with Gasteiger partial charge in [-0.15, -0.1) is 0 Å². The van der Waals surface area contributed by atoms with Crippen LogP contribution in [-0.2, 0) is 16.1 Å². The number of nitrogens with one attached hydrogen (secondary N) is 1. The van der Waals surface area contributed by atoms with E-state index in [1.54, 1.807) is 12.1 Å². The zero-order chi connectivity index (χ0) is 21.8. The lowest BCUT2D eigenvalue weighted by Crippen LogP contribution is -2.54. The van der Waals surface area contributed by atoms with Gasteiger partial charge in [-0.05, 0) is 54.8 Å². The van der Waals surface area contributed by atoms with Crippen molar-refractivity contribution in [3.05, 3.63) is 34.9 Å². The molecular formula is C23H28N4O4. The van der Waals surface area contributed by atoms with Gasteiger partial charge in [0.1, 0.15) is 6.04 Å². The molecule has 164 valence electrons. The third kappa shape index (κ3) is 3.29. The van der Waals surface area contributed by atoms with E-state index >= 15 is 0 Å². The van der Waals surface area contributed by atoms with Crippen LogP contribution < -0.4 is 11.1 Å². The molecule has 3 atom stereocenters. The molecule has 3 aliphatic heterocycles. The first-order chi connectivity index (χ1) is 14.9. The lowest BCUT2D eigenvalue weighted by atomic mass is 9.68. The number of imide groups is 2. The maximum atomic E-state index is 13.0. The van der Waals surface area contributed by atoms with E-state index in [-0.39, 0.29) is 24.2 Å². The number of carbonyl (C=O) groups excluding carboxylic acids is 4. The van der Waals surface area contributed by atoms with E-state index < -0.39 is 23.8 Å². The van der Waals surface area contributed by atoms with E-state index in [9.17, 15) is 19.2 Å². The Kier molecular flexibility index (Phi) is 4.94. The molecule has 8 heteroatoms. The van der Waals surface area contributed by atoms with Crippen molar-refractivity contribution in [3.63, 3.8) is 0 Å². The topological polar surface area (TPSA) is 113 Å². The highest BCUT2D eigenvalue weighted by molar-refractivity contribution is 6.23. The molecule has 2 saturated heterocycles. The van der Waals surface area contributed by atoms with Gasteiger partial charge in [0.05, 0.1) is 11.1 Å². The first kappa shape index (κ1) is 20.3. The van der Waals surface area contributed by atoms with Crippen LogP contribution >= 0.6 is 0 Å². The van der Waals surface area contributed by atoms with Crippen LogP contribution in [0.15, 0.2) is 18.2 Å². The average molecular weight is 425 g/mol. The van der Waals surface area contributed by atoms with Gasteiger partial charge in [-0.1, -0.05) is 18.9 Å². The molecule has 0 bridgehead atoms. The van der Waals surface area contributed by atoms with Gasteiger partial charge in [0.2, 0.25) is 11.8 Å². The molecule has 5 rings (SSSR count). The van der Waals surface area contributed by atoms with Crippen LogP contribution in [0.5, 0.6) is 0 Å². The molecule has 0 aromatic heterocycles. The van der Waals surface area contributed by atoms with Crippen molar-refractivity contribution >= 4 is 23.6 Å². The molecule has 0 radical (unpaired) electrons. The number of nitrogens with two attached hydrogens (primary N) is 1. The average Bonchev–Trinajstić information content (AvgIpc) is 3.24. The van der Waals surface area contributed by atoms with Crippen molar-refractivity contribution in [1.29, 1.82) is 0 Å². The first-order valence-electron chi connectivity index (χ1n) is 11.2. The van der Waals surface area contributed by atoms with Crippen LogP contribution in [0.25, 0.3) is 0 Å². The Morgan fingerprint density at radius 3 is 2.61 bits per heavy atom. The molecule has 3 N–H and O–H groups in total. The second-order valence-corrected chi connectivity index (χ2v) is 9.51. The number of nitrogens with zero attached hydrogens (tertiary/aromatic N) is 2. The standard InChI is InChI=1S/C23H28N4O4/c24-12-23-8-2-1-3-15(23)11-26(13-23)10-14-4-5-16-17(9-14)22(31)27(21(16)30)18-6-7-19(28)25-20(18)29/h4-5,9,15,18H,1-3,6-8,10-13,24H2,(H,25,28,29). The highest BCUT2D eigenvalue weighted by Crippen LogP contribution is 2.46. The second-order valence-electron chi connectivity index (χ2n) is 9.51. The minimum atomic E-state index is -0.931. The summed E-state index contributed by atoms with van der Waals surface area (Å²) >= 11 is 0. The summed E-state index contributed by atoms with van der Waals surface area (Å²) in [5, 5.41) is 2.23. The Balaban J connectivity index is 1.34. The van der Waals surface area contributed by atoms with Crippen molar-refractivity contribution < 1.29 is 19.2 Å². The van der Waals surface area contributed by atoms with Crippen LogP contribution in [0, 0.1) is 11.3 Å². The zero-order valence-electron chi connectivity index (χ0n) is 17.6. The Morgan fingerprint density at radius 2 is 1.87 bits per heavy atom. The fourth-order valence-corrected chi connectivity index (χ4v) is 6.02. The van der Waals surface area contributed by atoms with Crippen LogP contribution in [0.4, 0.5) is 0 Å². The van der Waals surface area contributed by atoms with Gasteiger partial charge < -0.3 is 5.73 Å². The Morgan fingerprint density at radius 1 is 1.06 bits per heavy atom. The number of hydrogen-bond donors (Lipinski definition) is 2. The summed E-state index contributed by atoms with van der Waals surface area (Å²) in [5.41, 5.74) is 8.04. The fourth-order valence-electron chi connectivity index (χ4n) is 6.02. The fraction of sp³-hybridized carbons (Fsp3) is 0.565. The van der Waals surface area contributed by atoms with Crippen LogP contribution in [0.3, 0.4) is 0 Å². The third-order valence-corrected chi connectivity index (χ3v) is 7.68. The molecule has 4 aliphatic rings. The van der Waals surface area contributed by atoms with Gasteiger partial charge in [-0.25, -0.2) is 0 Å². The summed E-state index contributed by atoms with van der Waals surface area (Å²) in [4.78, 5) is 53.0.